The molecular formula is C25H23F4N7O2. The van der Waals surface area contributed by atoms with Crippen molar-refractivity contribution >= 4 is 5.69 Å². The van der Waals surface area contributed by atoms with Crippen LogP contribution in [0, 0.1) is 11.6 Å². The molecule has 2 aliphatic rings. The first-order chi connectivity index (χ1) is 18.4. The molecule has 0 bridgehead atoms. The van der Waals surface area contributed by atoms with Crippen LogP contribution in [-0.4, -0.2) is 75.5 Å². The largest absolute Gasteiger partial charge is 0.415 e. The van der Waals surface area contributed by atoms with Gasteiger partial charge in [0.15, 0.2) is 0 Å². The van der Waals surface area contributed by atoms with E-state index in [2.05, 4.69) is 25.4 Å². The van der Waals surface area contributed by atoms with Crippen LogP contribution in [0.3, 0.4) is 0 Å². The van der Waals surface area contributed by atoms with Crippen molar-refractivity contribution in [3.8, 4) is 22.7 Å². The van der Waals surface area contributed by atoms with Crippen LogP contribution in [0.1, 0.15) is 17.9 Å². The van der Waals surface area contributed by atoms with Crippen LogP contribution in [0.4, 0.5) is 23.2 Å². The lowest BCUT2D eigenvalue weighted by atomic mass is 10.1. The first-order valence-electron chi connectivity index (χ1n) is 12.1. The Labute approximate surface area is 214 Å². The maximum atomic E-state index is 14.8. The zero-order valence-electron chi connectivity index (χ0n) is 20.1. The van der Waals surface area contributed by atoms with E-state index in [0.717, 1.165) is 32.4 Å². The van der Waals surface area contributed by atoms with Gasteiger partial charge in [-0.1, -0.05) is 11.3 Å². The van der Waals surface area contributed by atoms with Gasteiger partial charge >= 0.3 is 6.43 Å². The number of alkyl halides is 2. The van der Waals surface area contributed by atoms with Crippen LogP contribution in [0.5, 0.6) is 0 Å². The minimum Gasteiger partial charge on any atom is -0.415 e. The van der Waals surface area contributed by atoms with E-state index in [1.807, 2.05) is 4.90 Å². The Morgan fingerprint density at radius 1 is 0.895 bits per heavy atom. The number of piperazine rings is 1. The van der Waals surface area contributed by atoms with Crippen molar-refractivity contribution in [1.29, 1.82) is 0 Å². The molecule has 2 saturated heterocycles. The van der Waals surface area contributed by atoms with Crippen LogP contribution in [0.15, 0.2) is 47.0 Å². The summed E-state index contributed by atoms with van der Waals surface area (Å²) in [5.41, 5.74) is 2.22. The highest BCUT2D eigenvalue weighted by atomic mass is 19.3. The maximum Gasteiger partial charge on any atom is 0.314 e. The first kappa shape index (κ1) is 24.5. The van der Waals surface area contributed by atoms with Crippen molar-refractivity contribution in [2.24, 2.45) is 0 Å². The van der Waals surface area contributed by atoms with E-state index in [4.69, 9.17) is 9.15 Å². The van der Waals surface area contributed by atoms with Crippen LogP contribution >= 0.6 is 0 Å². The molecule has 13 heteroatoms. The highest BCUT2D eigenvalue weighted by Crippen LogP contribution is 2.29. The van der Waals surface area contributed by atoms with E-state index in [0.29, 0.717) is 41.6 Å². The maximum absolute atomic E-state index is 14.8. The van der Waals surface area contributed by atoms with Crippen LogP contribution in [0.25, 0.3) is 22.7 Å². The highest BCUT2D eigenvalue weighted by Gasteiger charge is 2.29. The third-order valence-corrected chi connectivity index (χ3v) is 6.83. The number of aromatic nitrogens is 5. The molecule has 2 aliphatic heterocycles. The minimum absolute atomic E-state index is 0.0755. The van der Waals surface area contributed by atoms with Gasteiger partial charge in [-0.15, -0.1) is 15.3 Å². The van der Waals surface area contributed by atoms with E-state index < -0.39 is 18.1 Å². The molecule has 4 heterocycles. The summed E-state index contributed by atoms with van der Waals surface area (Å²) in [6, 6.07) is 9.42. The number of halogens is 4. The molecule has 0 spiro atoms. The summed E-state index contributed by atoms with van der Waals surface area (Å²) in [7, 11) is 0. The number of benzene rings is 2. The number of hydrogen-bond donors (Lipinski definition) is 0. The molecular weight excluding hydrogens is 506 g/mol. The van der Waals surface area contributed by atoms with E-state index in [-0.39, 0.29) is 23.8 Å². The Bertz CT molecular complexity index is 1430. The predicted octanol–water partition coefficient (Wildman–Crippen LogP) is 3.78. The Kier molecular flexibility index (Phi) is 6.54. The molecule has 0 unspecified atom stereocenters. The first-order valence-corrected chi connectivity index (χ1v) is 12.1. The Morgan fingerprint density at radius 3 is 2.37 bits per heavy atom. The van der Waals surface area contributed by atoms with E-state index in [1.165, 1.54) is 22.9 Å². The molecule has 0 atom stereocenters. The van der Waals surface area contributed by atoms with E-state index in [1.54, 1.807) is 18.3 Å². The van der Waals surface area contributed by atoms with E-state index in [9.17, 15) is 17.6 Å². The van der Waals surface area contributed by atoms with Crippen LogP contribution in [-0.2, 0) is 11.3 Å². The van der Waals surface area contributed by atoms with Gasteiger partial charge in [-0.3, -0.25) is 4.90 Å². The summed E-state index contributed by atoms with van der Waals surface area (Å²) in [5.74, 6) is -1.91. The number of ether oxygens (including phenoxy) is 1. The Hall–Kier alpha value is -3.84. The summed E-state index contributed by atoms with van der Waals surface area (Å²) in [6.45, 7) is 4.71. The molecule has 2 aromatic carbocycles. The molecule has 198 valence electrons. The fourth-order valence-corrected chi connectivity index (χ4v) is 4.61. The number of rotatable bonds is 7. The van der Waals surface area contributed by atoms with Gasteiger partial charge in [-0.2, -0.15) is 8.78 Å². The molecule has 2 aromatic heterocycles. The lowest BCUT2D eigenvalue weighted by Gasteiger charge is -2.43. The number of hydrogen-bond acceptors (Lipinski definition) is 8. The molecule has 0 aliphatic carbocycles. The zero-order valence-corrected chi connectivity index (χ0v) is 20.1. The molecule has 0 N–H and O–H groups in total. The van der Waals surface area contributed by atoms with Gasteiger partial charge in [0.1, 0.15) is 17.3 Å². The van der Waals surface area contributed by atoms with Gasteiger partial charge < -0.3 is 14.1 Å². The van der Waals surface area contributed by atoms with Gasteiger partial charge in [-0.25, -0.2) is 13.5 Å². The second-order valence-corrected chi connectivity index (χ2v) is 9.23. The van der Waals surface area contributed by atoms with Crippen LogP contribution < -0.4 is 4.90 Å². The quantitative estimate of drug-likeness (QED) is 0.335. The lowest BCUT2D eigenvalue weighted by molar-refractivity contribution is -0.0660. The summed E-state index contributed by atoms with van der Waals surface area (Å²) in [5, 5.41) is 15.1. The molecule has 0 saturated carbocycles. The van der Waals surface area contributed by atoms with Crippen LogP contribution in [0.2, 0.25) is 0 Å². The Balaban J connectivity index is 1.15. The van der Waals surface area contributed by atoms with Gasteiger partial charge in [0.2, 0.25) is 5.89 Å². The smallest absolute Gasteiger partial charge is 0.314 e. The predicted molar refractivity (Wildman–Crippen MR) is 128 cm³/mol. The topological polar surface area (TPSA) is 85.3 Å². The zero-order chi connectivity index (χ0) is 26.2. The molecule has 9 nitrogen and oxygen atoms in total. The Morgan fingerprint density at radius 2 is 1.68 bits per heavy atom. The third kappa shape index (κ3) is 4.86. The lowest BCUT2D eigenvalue weighted by Crippen LogP contribution is -2.56. The number of anilines is 1. The fraction of sp³-hybridized carbons (Fsp3) is 0.360. The molecule has 38 heavy (non-hydrogen) atoms. The summed E-state index contributed by atoms with van der Waals surface area (Å²) < 4.78 is 66.5. The summed E-state index contributed by atoms with van der Waals surface area (Å²) in [4.78, 5) is 4.41. The van der Waals surface area contributed by atoms with Crippen molar-refractivity contribution in [3.05, 3.63) is 65.7 Å². The van der Waals surface area contributed by atoms with Gasteiger partial charge in [0, 0.05) is 42.9 Å². The van der Waals surface area contributed by atoms with Crippen molar-refractivity contribution in [2.75, 3.05) is 44.3 Å². The molecule has 0 radical (unpaired) electrons. The standard InChI is InChI=1S/C25H23F4N7O2/c26-19-4-3-15(10-22(19)35-7-5-34(6-8-35)18-13-37-14-18)21-12-36(33-30-21)11-17-2-1-16(9-20(17)27)24-31-32-25(38-24)23(28)29/h1-4,9-10,12,18,23H,5-8,11,13-14H2. The SMILES string of the molecule is Fc1cc(-c2nnc(C(F)F)o2)ccc1Cn1cc(-c2ccc(F)c(N3CCN(C4COC4)CC3)c2)nn1. The average molecular weight is 529 g/mol. The van der Waals surface area contributed by atoms with Gasteiger partial charge in [-0.05, 0) is 30.3 Å². The van der Waals surface area contributed by atoms with Crippen molar-refractivity contribution in [2.45, 2.75) is 19.0 Å². The third-order valence-electron chi connectivity index (χ3n) is 6.83. The molecule has 4 aromatic rings. The average Bonchev–Trinajstić information content (AvgIpc) is 3.56. The second-order valence-electron chi connectivity index (χ2n) is 9.23. The molecule has 2 fully saturated rings. The highest BCUT2D eigenvalue weighted by molar-refractivity contribution is 5.65. The molecule has 6 rings (SSSR count). The van der Waals surface area contributed by atoms with Crippen molar-refractivity contribution in [3.63, 3.8) is 0 Å². The minimum atomic E-state index is -2.91. The monoisotopic (exact) mass is 529 g/mol. The van der Waals surface area contributed by atoms with Crippen molar-refractivity contribution in [1.82, 2.24) is 30.1 Å². The summed E-state index contributed by atoms with van der Waals surface area (Å²) >= 11 is 0. The van der Waals surface area contributed by atoms with Gasteiger partial charge in [0.05, 0.1) is 37.7 Å². The molecule has 0 amide bonds. The van der Waals surface area contributed by atoms with Gasteiger partial charge in [0.25, 0.3) is 5.89 Å². The number of nitrogens with zero attached hydrogens (tertiary/aromatic N) is 7. The van der Waals surface area contributed by atoms with E-state index >= 15 is 0 Å². The fourth-order valence-electron chi connectivity index (χ4n) is 4.61. The normalized spacial score (nSPS) is 16.8. The summed E-state index contributed by atoms with van der Waals surface area (Å²) in [6.07, 6.45) is -1.25. The van der Waals surface area contributed by atoms with Crippen molar-refractivity contribution < 1.29 is 26.7 Å². The second kappa shape index (κ2) is 10.1.